The summed E-state index contributed by atoms with van der Waals surface area (Å²) in [5.41, 5.74) is 7.78. The molecule has 3 N–H and O–H groups in total. The maximum atomic E-state index is 11.7. The molecule has 0 fully saturated rings. The summed E-state index contributed by atoms with van der Waals surface area (Å²) >= 11 is 1.31. The Hall–Kier alpha value is -2.02. The molecule has 0 aromatic carbocycles. The van der Waals surface area contributed by atoms with E-state index in [1.807, 2.05) is 19.9 Å². The summed E-state index contributed by atoms with van der Waals surface area (Å²) in [5, 5.41) is 4.86. The van der Waals surface area contributed by atoms with Crippen LogP contribution in [-0.4, -0.2) is 20.9 Å². The summed E-state index contributed by atoms with van der Waals surface area (Å²) in [5.74, 6) is 0.117. The fourth-order valence-electron chi connectivity index (χ4n) is 1.52. The van der Waals surface area contributed by atoms with Crippen LogP contribution in [0.25, 0.3) is 0 Å². The molecule has 2 aromatic rings. The molecule has 2 heterocycles. The molecule has 0 unspecified atom stereocenters. The lowest BCUT2D eigenvalue weighted by Gasteiger charge is -2.04. The average molecular weight is 263 g/mol. The summed E-state index contributed by atoms with van der Waals surface area (Å²) in [6, 6.07) is 1.84. The highest BCUT2D eigenvalue weighted by molar-refractivity contribution is 7.13. The minimum Gasteiger partial charge on any atom is -0.375 e. The Kier molecular flexibility index (Phi) is 3.52. The van der Waals surface area contributed by atoms with Crippen LogP contribution in [0.5, 0.6) is 0 Å². The van der Waals surface area contributed by atoms with E-state index in [2.05, 4.69) is 20.3 Å². The quantitative estimate of drug-likeness (QED) is 0.870. The number of rotatable bonds is 3. The molecule has 0 saturated carbocycles. The Bertz CT molecular complexity index is 560. The SMILES string of the molecule is Cc1cc(C)nc(NC(=O)Cc2csc(N)n2)n1. The molecular formula is C11H13N5OS. The zero-order valence-corrected chi connectivity index (χ0v) is 10.9. The fraction of sp³-hybridized carbons (Fsp3) is 0.273. The summed E-state index contributed by atoms with van der Waals surface area (Å²) in [6.45, 7) is 3.71. The molecule has 0 aliphatic heterocycles. The highest BCUT2D eigenvalue weighted by Crippen LogP contribution is 2.12. The number of thiazole rings is 1. The first kappa shape index (κ1) is 12.4. The van der Waals surface area contributed by atoms with Gasteiger partial charge in [-0.1, -0.05) is 0 Å². The number of aryl methyl sites for hydroxylation is 2. The molecule has 7 heteroatoms. The number of nitrogens with two attached hydrogens (primary N) is 1. The van der Waals surface area contributed by atoms with E-state index in [9.17, 15) is 4.79 Å². The van der Waals surface area contributed by atoms with Crippen molar-refractivity contribution in [1.82, 2.24) is 15.0 Å². The molecular weight excluding hydrogens is 250 g/mol. The number of amides is 1. The third kappa shape index (κ3) is 3.24. The number of anilines is 2. The minimum absolute atomic E-state index is 0.171. The van der Waals surface area contributed by atoms with Gasteiger partial charge in [0.2, 0.25) is 11.9 Å². The lowest BCUT2D eigenvalue weighted by atomic mass is 10.3. The van der Waals surface area contributed by atoms with E-state index in [1.165, 1.54) is 11.3 Å². The van der Waals surface area contributed by atoms with Crippen LogP contribution in [0, 0.1) is 13.8 Å². The largest absolute Gasteiger partial charge is 0.375 e. The zero-order chi connectivity index (χ0) is 13.1. The highest BCUT2D eigenvalue weighted by atomic mass is 32.1. The number of hydrogen-bond donors (Lipinski definition) is 2. The van der Waals surface area contributed by atoms with Gasteiger partial charge in [-0.2, -0.15) is 0 Å². The van der Waals surface area contributed by atoms with E-state index >= 15 is 0 Å². The number of aromatic nitrogens is 3. The molecule has 6 nitrogen and oxygen atoms in total. The van der Waals surface area contributed by atoms with Gasteiger partial charge < -0.3 is 5.73 Å². The molecule has 0 bridgehead atoms. The Labute approximate surface area is 108 Å². The van der Waals surface area contributed by atoms with Gasteiger partial charge in [0.25, 0.3) is 0 Å². The summed E-state index contributed by atoms with van der Waals surface area (Å²) in [6.07, 6.45) is 0.171. The van der Waals surface area contributed by atoms with Crippen LogP contribution in [-0.2, 0) is 11.2 Å². The molecule has 2 rings (SSSR count). The minimum atomic E-state index is -0.203. The van der Waals surface area contributed by atoms with E-state index in [0.29, 0.717) is 16.8 Å². The molecule has 0 spiro atoms. The van der Waals surface area contributed by atoms with E-state index < -0.39 is 0 Å². The van der Waals surface area contributed by atoms with Crippen molar-refractivity contribution in [2.24, 2.45) is 0 Å². The van der Waals surface area contributed by atoms with Crippen molar-refractivity contribution < 1.29 is 4.79 Å². The zero-order valence-electron chi connectivity index (χ0n) is 10.1. The predicted molar refractivity (Wildman–Crippen MR) is 70.4 cm³/mol. The normalized spacial score (nSPS) is 10.3. The molecule has 2 aromatic heterocycles. The number of nitrogen functional groups attached to an aromatic ring is 1. The van der Waals surface area contributed by atoms with Crippen molar-refractivity contribution in [3.05, 3.63) is 28.5 Å². The van der Waals surface area contributed by atoms with Gasteiger partial charge in [-0.25, -0.2) is 15.0 Å². The molecule has 1 amide bonds. The Morgan fingerprint density at radius 1 is 1.33 bits per heavy atom. The second-order valence-corrected chi connectivity index (χ2v) is 4.77. The van der Waals surface area contributed by atoms with Crippen LogP contribution in [0.15, 0.2) is 11.4 Å². The van der Waals surface area contributed by atoms with E-state index in [0.717, 1.165) is 11.4 Å². The van der Waals surface area contributed by atoms with Crippen LogP contribution < -0.4 is 11.1 Å². The van der Waals surface area contributed by atoms with Crippen molar-refractivity contribution in [3.63, 3.8) is 0 Å². The molecule has 94 valence electrons. The first-order valence-electron chi connectivity index (χ1n) is 5.35. The maximum absolute atomic E-state index is 11.7. The Morgan fingerprint density at radius 2 is 2.00 bits per heavy atom. The second kappa shape index (κ2) is 5.09. The molecule has 0 atom stereocenters. The van der Waals surface area contributed by atoms with Gasteiger partial charge in [-0.15, -0.1) is 11.3 Å². The van der Waals surface area contributed by atoms with E-state index in [4.69, 9.17) is 5.73 Å². The van der Waals surface area contributed by atoms with E-state index in [-0.39, 0.29) is 12.3 Å². The van der Waals surface area contributed by atoms with Crippen LogP contribution in [0.1, 0.15) is 17.1 Å². The van der Waals surface area contributed by atoms with Crippen molar-refractivity contribution in [1.29, 1.82) is 0 Å². The number of carbonyl (C=O) groups excluding carboxylic acids is 1. The summed E-state index contributed by atoms with van der Waals surface area (Å²) < 4.78 is 0. The number of nitrogens with one attached hydrogen (secondary N) is 1. The molecule has 0 radical (unpaired) electrons. The van der Waals surface area contributed by atoms with Gasteiger partial charge in [0, 0.05) is 16.8 Å². The fourth-order valence-corrected chi connectivity index (χ4v) is 2.08. The number of hydrogen-bond acceptors (Lipinski definition) is 6. The average Bonchev–Trinajstić information content (AvgIpc) is 2.61. The van der Waals surface area contributed by atoms with Crippen molar-refractivity contribution in [2.45, 2.75) is 20.3 Å². The lowest BCUT2D eigenvalue weighted by molar-refractivity contribution is -0.115. The molecule has 0 aliphatic rings. The Balaban J connectivity index is 2.02. The first-order chi connectivity index (χ1) is 8.52. The predicted octanol–water partition coefficient (Wildman–Crippen LogP) is 1.31. The lowest BCUT2D eigenvalue weighted by Crippen LogP contribution is -2.17. The highest BCUT2D eigenvalue weighted by Gasteiger charge is 2.09. The van der Waals surface area contributed by atoms with Gasteiger partial charge in [-0.05, 0) is 19.9 Å². The molecule has 0 aliphatic carbocycles. The van der Waals surface area contributed by atoms with Crippen LogP contribution >= 0.6 is 11.3 Å². The van der Waals surface area contributed by atoms with Gasteiger partial charge in [0.1, 0.15) is 0 Å². The monoisotopic (exact) mass is 263 g/mol. The number of nitrogens with zero attached hydrogens (tertiary/aromatic N) is 3. The Morgan fingerprint density at radius 3 is 2.56 bits per heavy atom. The van der Waals surface area contributed by atoms with Crippen LogP contribution in [0.2, 0.25) is 0 Å². The third-order valence-electron chi connectivity index (χ3n) is 2.14. The smallest absolute Gasteiger partial charge is 0.232 e. The van der Waals surface area contributed by atoms with Crippen LogP contribution in [0.4, 0.5) is 11.1 Å². The van der Waals surface area contributed by atoms with Gasteiger partial charge in [-0.3, -0.25) is 10.1 Å². The van der Waals surface area contributed by atoms with Crippen LogP contribution in [0.3, 0.4) is 0 Å². The van der Waals surface area contributed by atoms with Gasteiger partial charge in [0.15, 0.2) is 5.13 Å². The maximum Gasteiger partial charge on any atom is 0.232 e. The molecule has 0 saturated heterocycles. The van der Waals surface area contributed by atoms with Crippen molar-refractivity contribution in [2.75, 3.05) is 11.1 Å². The first-order valence-corrected chi connectivity index (χ1v) is 6.23. The van der Waals surface area contributed by atoms with Gasteiger partial charge >= 0.3 is 0 Å². The van der Waals surface area contributed by atoms with E-state index in [1.54, 1.807) is 5.38 Å². The summed E-state index contributed by atoms with van der Waals surface area (Å²) in [7, 11) is 0. The van der Waals surface area contributed by atoms with Crippen molar-refractivity contribution in [3.8, 4) is 0 Å². The van der Waals surface area contributed by atoms with Gasteiger partial charge in [0.05, 0.1) is 12.1 Å². The van der Waals surface area contributed by atoms with Crippen molar-refractivity contribution >= 4 is 28.3 Å². The summed E-state index contributed by atoms with van der Waals surface area (Å²) in [4.78, 5) is 24.0. The third-order valence-corrected chi connectivity index (χ3v) is 2.87. The number of carbonyl (C=O) groups is 1. The topological polar surface area (TPSA) is 93.8 Å². The standard InChI is InChI=1S/C11H13N5OS/c1-6-3-7(2)14-11(13-6)16-9(17)4-8-5-18-10(12)15-8/h3,5H,4H2,1-2H3,(H2,12,15)(H,13,14,16,17). The second-order valence-electron chi connectivity index (χ2n) is 3.88. The molecule has 18 heavy (non-hydrogen) atoms.